The van der Waals surface area contributed by atoms with Crippen LogP contribution in [0.25, 0.3) is 0 Å². The van der Waals surface area contributed by atoms with Crippen molar-refractivity contribution in [1.82, 2.24) is 0 Å². The van der Waals surface area contributed by atoms with Crippen LogP contribution in [-0.4, -0.2) is 6.29 Å². The first-order chi connectivity index (χ1) is 6.89. The highest BCUT2D eigenvalue weighted by molar-refractivity contribution is 5.53. The van der Waals surface area contributed by atoms with Crippen molar-refractivity contribution in [3.63, 3.8) is 0 Å². The molecule has 1 unspecified atom stereocenters. The number of aldehydes is 1. The van der Waals surface area contributed by atoms with Gasteiger partial charge in [0.1, 0.15) is 6.29 Å². The maximum absolute atomic E-state index is 10.6. The van der Waals surface area contributed by atoms with E-state index in [4.69, 9.17) is 0 Å². The van der Waals surface area contributed by atoms with Gasteiger partial charge in [-0.25, -0.2) is 0 Å². The highest BCUT2D eigenvalue weighted by Crippen LogP contribution is 2.47. The van der Waals surface area contributed by atoms with Crippen LogP contribution in [0.4, 0.5) is 0 Å². The Morgan fingerprint density at radius 1 is 1.73 bits per heavy atom. The Kier molecular flexibility index (Phi) is 3.54. The van der Waals surface area contributed by atoms with Crippen molar-refractivity contribution in [2.24, 2.45) is 17.3 Å². The van der Waals surface area contributed by atoms with E-state index >= 15 is 0 Å². The van der Waals surface area contributed by atoms with Crippen molar-refractivity contribution in [1.29, 1.82) is 0 Å². The van der Waals surface area contributed by atoms with Gasteiger partial charge < -0.3 is 4.79 Å². The van der Waals surface area contributed by atoms with Crippen molar-refractivity contribution in [2.75, 3.05) is 0 Å². The Labute approximate surface area is 93.3 Å². The van der Waals surface area contributed by atoms with Crippen molar-refractivity contribution >= 4 is 6.29 Å². The number of carbonyl (C=O) groups is 1. The number of rotatable bonds is 4. The van der Waals surface area contributed by atoms with Gasteiger partial charge in [0, 0.05) is 5.92 Å². The lowest BCUT2D eigenvalue weighted by atomic mass is 9.73. The molecule has 0 aromatic rings. The molecular formula is C14H22O. The zero-order valence-electron chi connectivity index (χ0n) is 10.3. The molecule has 0 N–H and O–H groups in total. The van der Waals surface area contributed by atoms with Crippen molar-refractivity contribution in [2.45, 2.75) is 40.5 Å². The Morgan fingerprint density at radius 3 is 2.73 bits per heavy atom. The number of hydrogen-bond donors (Lipinski definition) is 0. The lowest BCUT2D eigenvalue weighted by molar-refractivity contribution is -0.110. The first-order valence-corrected chi connectivity index (χ1v) is 5.69. The molecule has 0 aromatic carbocycles. The van der Waals surface area contributed by atoms with Crippen molar-refractivity contribution < 1.29 is 4.79 Å². The fraction of sp³-hybridized carbons (Fsp3) is 0.643. The molecule has 0 bridgehead atoms. The van der Waals surface area contributed by atoms with Gasteiger partial charge in [0.05, 0.1) is 0 Å². The first-order valence-electron chi connectivity index (χ1n) is 5.69. The van der Waals surface area contributed by atoms with Crippen LogP contribution < -0.4 is 0 Å². The third-order valence-corrected chi connectivity index (χ3v) is 3.86. The van der Waals surface area contributed by atoms with Gasteiger partial charge in [-0.05, 0) is 31.1 Å². The van der Waals surface area contributed by atoms with E-state index in [9.17, 15) is 4.79 Å². The Morgan fingerprint density at radius 2 is 2.33 bits per heavy atom. The molecule has 1 rings (SSSR count). The second-order valence-electron chi connectivity index (χ2n) is 5.37. The van der Waals surface area contributed by atoms with Gasteiger partial charge in [0.2, 0.25) is 0 Å². The third-order valence-electron chi connectivity index (χ3n) is 3.86. The van der Waals surface area contributed by atoms with E-state index in [1.54, 1.807) is 0 Å². The van der Waals surface area contributed by atoms with E-state index in [0.29, 0.717) is 5.92 Å². The maximum Gasteiger partial charge on any atom is 0.123 e. The third kappa shape index (κ3) is 2.39. The molecule has 0 radical (unpaired) electrons. The quantitative estimate of drug-likeness (QED) is 0.505. The summed E-state index contributed by atoms with van der Waals surface area (Å²) in [6.07, 6.45) is 5.25. The van der Waals surface area contributed by atoms with Gasteiger partial charge in [-0.3, -0.25) is 0 Å². The van der Waals surface area contributed by atoms with Crippen LogP contribution in [0, 0.1) is 17.3 Å². The van der Waals surface area contributed by atoms with Gasteiger partial charge in [0.15, 0.2) is 0 Å². The minimum atomic E-state index is 0.106. The zero-order chi connectivity index (χ0) is 11.6. The fourth-order valence-corrected chi connectivity index (χ4v) is 2.41. The summed E-state index contributed by atoms with van der Waals surface area (Å²) in [5.41, 5.74) is 2.90. The molecule has 1 nitrogen and oxygen atoms in total. The average molecular weight is 206 g/mol. The number of carbonyl (C=O) groups excluding carboxylic acids is 1. The van der Waals surface area contributed by atoms with Gasteiger partial charge in [-0.2, -0.15) is 0 Å². The smallest absolute Gasteiger partial charge is 0.123 e. The lowest BCUT2D eigenvalue weighted by Gasteiger charge is -2.31. The molecule has 15 heavy (non-hydrogen) atoms. The predicted octanol–water partition coefficient (Wildman–Crippen LogP) is 3.76. The molecule has 0 spiro atoms. The number of hydrogen-bond acceptors (Lipinski definition) is 1. The summed E-state index contributed by atoms with van der Waals surface area (Å²) in [6, 6.07) is 0. The normalized spacial score (nSPS) is 25.9. The molecule has 1 aliphatic rings. The molecule has 0 saturated heterocycles. The van der Waals surface area contributed by atoms with Crippen molar-refractivity contribution in [3.05, 3.63) is 23.8 Å². The SMILES string of the molecule is C=C(C[C@@H](C)C=O)C1CC=C(C)C1(C)C. The summed E-state index contributed by atoms with van der Waals surface area (Å²) in [5, 5.41) is 0. The molecule has 0 amide bonds. The van der Waals surface area contributed by atoms with E-state index in [-0.39, 0.29) is 11.3 Å². The van der Waals surface area contributed by atoms with Gasteiger partial charge in [-0.15, -0.1) is 0 Å². The standard InChI is InChI=1S/C14H22O/c1-10(9-15)8-11(2)13-7-6-12(3)14(13,4)5/h6,9-10,13H,2,7-8H2,1,3-5H3/t10-,13?/m1/s1. The van der Waals surface area contributed by atoms with Crippen LogP contribution in [0.1, 0.15) is 40.5 Å². The largest absolute Gasteiger partial charge is 0.303 e. The lowest BCUT2D eigenvalue weighted by Crippen LogP contribution is -2.22. The highest BCUT2D eigenvalue weighted by Gasteiger charge is 2.36. The maximum atomic E-state index is 10.6. The molecule has 0 heterocycles. The predicted molar refractivity (Wildman–Crippen MR) is 64.6 cm³/mol. The number of allylic oxidation sites excluding steroid dienone is 3. The van der Waals surface area contributed by atoms with E-state index < -0.39 is 0 Å². The van der Waals surface area contributed by atoms with Crippen LogP contribution in [0.2, 0.25) is 0 Å². The second-order valence-corrected chi connectivity index (χ2v) is 5.37. The van der Waals surface area contributed by atoms with E-state index in [2.05, 4.69) is 33.4 Å². The van der Waals surface area contributed by atoms with E-state index in [0.717, 1.165) is 19.1 Å². The molecule has 1 heteroatoms. The summed E-state index contributed by atoms with van der Waals surface area (Å²) in [6.45, 7) is 12.9. The Bertz CT molecular complexity index is 296. The second kappa shape index (κ2) is 4.34. The summed E-state index contributed by atoms with van der Waals surface area (Å²) in [4.78, 5) is 10.6. The highest BCUT2D eigenvalue weighted by atomic mass is 16.1. The zero-order valence-corrected chi connectivity index (χ0v) is 10.3. The molecule has 1 aliphatic carbocycles. The van der Waals surface area contributed by atoms with Gasteiger partial charge >= 0.3 is 0 Å². The van der Waals surface area contributed by atoms with E-state index in [1.807, 2.05) is 6.92 Å². The molecule has 84 valence electrons. The Hall–Kier alpha value is -0.850. The summed E-state index contributed by atoms with van der Waals surface area (Å²) in [5.74, 6) is 0.620. The molecule has 0 saturated carbocycles. The van der Waals surface area contributed by atoms with E-state index in [1.165, 1.54) is 11.1 Å². The van der Waals surface area contributed by atoms with Crippen molar-refractivity contribution in [3.8, 4) is 0 Å². The molecule has 2 atom stereocenters. The van der Waals surface area contributed by atoms with Crippen LogP contribution in [0.5, 0.6) is 0 Å². The fourth-order valence-electron chi connectivity index (χ4n) is 2.41. The van der Waals surface area contributed by atoms with Crippen LogP contribution in [0.3, 0.4) is 0 Å². The topological polar surface area (TPSA) is 17.1 Å². The van der Waals surface area contributed by atoms with Crippen LogP contribution in [-0.2, 0) is 4.79 Å². The molecule has 0 fully saturated rings. The Balaban J connectivity index is 2.68. The summed E-state index contributed by atoms with van der Waals surface area (Å²) in [7, 11) is 0. The summed E-state index contributed by atoms with van der Waals surface area (Å²) < 4.78 is 0. The first kappa shape index (κ1) is 12.2. The van der Waals surface area contributed by atoms with Gasteiger partial charge in [-0.1, -0.05) is 44.6 Å². The molecule has 0 aromatic heterocycles. The van der Waals surface area contributed by atoms with Crippen LogP contribution >= 0.6 is 0 Å². The minimum Gasteiger partial charge on any atom is -0.303 e. The minimum absolute atomic E-state index is 0.106. The molecule has 0 aliphatic heterocycles. The van der Waals surface area contributed by atoms with Crippen LogP contribution in [0.15, 0.2) is 23.8 Å². The summed E-state index contributed by atoms with van der Waals surface area (Å²) >= 11 is 0. The average Bonchev–Trinajstić information content (AvgIpc) is 2.41. The molecular weight excluding hydrogens is 184 g/mol. The monoisotopic (exact) mass is 206 g/mol. The van der Waals surface area contributed by atoms with Gasteiger partial charge in [0.25, 0.3) is 0 Å².